The summed E-state index contributed by atoms with van der Waals surface area (Å²) in [5, 5.41) is 8.71. The maximum Gasteiger partial charge on any atom is 0.337 e. The van der Waals surface area contributed by atoms with Crippen LogP contribution in [0.4, 0.5) is 0 Å². The first-order valence-corrected chi connectivity index (χ1v) is 15.5. The van der Waals surface area contributed by atoms with Crippen molar-refractivity contribution in [2.75, 3.05) is 65.8 Å². The number of hydrogen-bond acceptors (Lipinski definition) is 9. The number of aryl methyl sites for hydroxylation is 2. The van der Waals surface area contributed by atoms with Crippen molar-refractivity contribution in [1.29, 1.82) is 0 Å². The van der Waals surface area contributed by atoms with Crippen LogP contribution in [0.15, 0.2) is 48.5 Å². The largest absolute Gasteiger partial charge is 0.465 e. The molecule has 9 nitrogen and oxygen atoms in total. The molecule has 1 atom stereocenters. The fourth-order valence-electron chi connectivity index (χ4n) is 3.96. The molecular weight excluding hydrogens is 599 g/mol. The van der Waals surface area contributed by atoms with E-state index in [0.717, 1.165) is 50.7 Å². The highest BCUT2D eigenvalue weighted by molar-refractivity contribution is 6.40. The fourth-order valence-corrected chi connectivity index (χ4v) is 3.96. The third kappa shape index (κ3) is 18.9. The lowest BCUT2D eigenvalue weighted by Gasteiger charge is -2.22. The van der Waals surface area contributed by atoms with E-state index in [1.807, 2.05) is 24.3 Å². The van der Waals surface area contributed by atoms with E-state index in [4.69, 9.17) is 47.3 Å². The first-order valence-electron chi connectivity index (χ1n) is 14.4. The molecule has 0 radical (unpaired) electrons. The number of ether oxygens (including phenoxy) is 6. The van der Waals surface area contributed by atoms with Crippen molar-refractivity contribution in [3.05, 3.63) is 70.8 Å². The van der Waals surface area contributed by atoms with Crippen LogP contribution in [0.3, 0.4) is 0 Å². The second kappa shape index (κ2) is 26.2. The summed E-state index contributed by atoms with van der Waals surface area (Å²) in [5.41, 5.74) is 3.49. The molecule has 2 aromatic rings. The Kier molecular flexibility index (Phi) is 23.6. The lowest BCUT2D eigenvalue weighted by Crippen LogP contribution is -2.24. The number of carbonyl (C=O) groups is 2. The van der Waals surface area contributed by atoms with Gasteiger partial charge in [0.2, 0.25) is 0 Å². The Morgan fingerprint density at radius 3 is 1.67 bits per heavy atom. The van der Waals surface area contributed by atoms with Crippen molar-refractivity contribution in [2.45, 2.75) is 51.2 Å². The molecule has 1 aliphatic heterocycles. The van der Waals surface area contributed by atoms with E-state index < -0.39 is 0 Å². The van der Waals surface area contributed by atoms with Crippen LogP contribution < -0.4 is 0 Å². The van der Waals surface area contributed by atoms with Gasteiger partial charge in [0.1, 0.15) is 0 Å². The molecule has 3 rings (SSSR count). The van der Waals surface area contributed by atoms with Gasteiger partial charge in [-0.2, -0.15) is 0 Å². The first kappa shape index (κ1) is 38.8. The minimum absolute atomic E-state index is 0.0410. The summed E-state index contributed by atoms with van der Waals surface area (Å²) in [4.78, 5) is 22.5. The normalized spacial score (nSPS) is 14.0. The first-order chi connectivity index (χ1) is 21.0. The Balaban J connectivity index is 0.000000409. The predicted molar refractivity (Wildman–Crippen MR) is 167 cm³/mol. The number of benzene rings is 2. The summed E-state index contributed by atoms with van der Waals surface area (Å²) in [7, 11) is 2.76. The number of aliphatic hydroxyl groups excluding tert-OH is 1. The van der Waals surface area contributed by atoms with Gasteiger partial charge in [-0.3, -0.25) is 0 Å². The van der Waals surface area contributed by atoms with Crippen molar-refractivity contribution < 1.29 is 43.1 Å². The topological polar surface area (TPSA) is 110 Å². The molecule has 1 unspecified atom stereocenters. The number of alkyl halides is 2. The smallest absolute Gasteiger partial charge is 0.337 e. The highest BCUT2D eigenvalue weighted by atomic mass is 35.5. The number of methoxy groups -OCH3 is 2. The van der Waals surface area contributed by atoms with Crippen LogP contribution in [0.5, 0.6) is 0 Å². The van der Waals surface area contributed by atoms with E-state index in [1.165, 1.54) is 26.2 Å². The summed E-state index contributed by atoms with van der Waals surface area (Å²) in [5.74, 6) is -0.621. The standard InChI is InChI=1S/C18H26O5.C13H18O4.CH2Cl2/c1-20-18(19)16-9-7-15(8-10-16)5-4-11-21-13-14-23-17-6-2-3-12-22-17;1-16-13(15)12-6-4-11(5-7-12)3-2-9-17-10-8-14;2-1-3/h7-10,17H,2-6,11-14H2,1H3;4-7,14H,2-3,8-10H2,1H3;1H2. The molecule has 1 saturated heterocycles. The Labute approximate surface area is 265 Å². The molecule has 0 amide bonds. The number of halogens is 2. The van der Waals surface area contributed by atoms with Gasteiger partial charge in [-0.05, 0) is 80.3 Å². The molecule has 0 spiro atoms. The summed E-state index contributed by atoms with van der Waals surface area (Å²) in [6.07, 6.45) is 6.93. The lowest BCUT2D eigenvalue weighted by molar-refractivity contribution is -0.169. The van der Waals surface area contributed by atoms with Crippen LogP contribution in [-0.4, -0.2) is 89.1 Å². The Hall–Kier alpha value is -2.24. The Morgan fingerprint density at radius 2 is 1.26 bits per heavy atom. The molecule has 11 heteroatoms. The monoisotopic (exact) mass is 644 g/mol. The molecule has 242 valence electrons. The van der Waals surface area contributed by atoms with Gasteiger partial charge < -0.3 is 33.5 Å². The summed E-state index contributed by atoms with van der Waals surface area (Å²) >= 11 is 9.53. The lowest BCUT2D eigenvalue weighted by atomic mass is 10.1. The quantitative estimate of drug-likeness (QED) is 0.138. The molecule has 0 aromatic heterocycles. The van der Waals surface area contributed by atoms with Crippen LogP contribution >= 0.6 is 23.2 Å². The van der Waals surface area contributed by atoms with Gasteiger partial charge in [0.25, 0.3) is 0 Å². The van der Waals surface area contributed by atoms with Gasteiger partial charge in [0.05, 0.1) is 57.1 Å². The van der Waals surface area contributed by atoms with Crippen molar-refractivity contribution in [1.82, 2.24) is 0 Å². The van der Waals surface area contributed by atoms with Crippen LogP contribution in [0.2, 0.25) is 0 Å². The number of aliphatic hydroxyl groups is 1. The zero-order valence-electron chi connectivity index (χ0n) is 25.3. The molecule has 0 saturated carbocycles. The van der Waals surface area contributed by atoms with E-state index in [1.54, 1.807) is 24.3 Å². The average Bonchev–Trinajstić information content (AvgIpc) is 3.05. The predicted octanol–water partition coefficient (Wildman–Crippen LogP) is 5.80. The minimum Gasteiger partial charge on any atom is -0.465 e. The molecule has 0 bridgehead atoms. The van der Waals surface area contributed by atoms with Crippen LogP contribution in [0.1, 0.15) is 63.9 Å². The van der Waals surface area contributed by atoms with Gasteiger partial charge >= 0.3 is 11.9 Å². The molecular formula is C32H46Cl2O9. The molecule has 1 fully saturated rings. The van der Waals surface area contributed by atoms with E-state index in [0.29, 0.717) is 44.2 Å². The number of esters is 2. The number of rotatable bonds is 16. The van der Waals surface area contributed by atoms with Gasteiger partial charge in [0, 0.05) is 19.8 Å². The Morgan fingerprint density at radius 1 is 0.767 bits per heavy atom. The van der Waals surface area contributed by atoms with Crippen LogP contribution in [0, 0.1) is 0 Å². The Bertz CT molecular complexity index is 966. The third-order valence-electron chi connectivity index (χ3n) is 6.16. The zero-order valence-corrected chi connectivity index (χ0v) is 26.8. The van der Waals surface area contributed by atoms with Gasteiger partial charge in [0.15, 0.2) is 6.29 Å². The van der Waals surface area contributed by atoms with Gasteiger partial charge in [-0.25, -0.2) is 9.59 Å². The SMILES string of the molecule is COC(=O)c1ccc(CCCOCCO)cc1.COC(=O)c1ccc(CCCOCCOC2CCCCO2)cc1.ClCCl. The maximum absolute atomic E-state index is 11.3. The molecule has 0 aliphatic carbocycles. The molecule has 1 heterocycles. The van der Waals surface area contributed by atoms with Crippen molar-refractivity contribution in [3.8, 4) is 0 Å². The van der Waals surface area contributed by atoms with Crippen LogP contribution in [0.25, 0.3) is 0 Å². The van der Waals surface area contributed by atoms with Gasteiger partial charge in [-0.1, -0.05) is 24.3 Å². The average molecular weight is 646 g/mol. The molecule has 1 aliphatic rings. The fraction of sp³-hybridized carbons (Fsp3) is 0.562. The molecule has 43 heavy (non-hydrogen) atoms. The van der Waals surface area contributed by atoms with Gasteiger partial charge in [-0.15, -0.1) is 23.2 Å². The zero-order chi connectivity index (χ0) is 31.5. The molecule has 1 N–H and O–H groups in total. The van der Waals surface area contributed by atoms with E-state index in [9.17, 15) is 9.59 Å². The van der Waals surface area contributed by atoms with E-state index in [-0.39, 0.29) is 30.2 Å². The summed E-state index contributed by atoms with van der Waals surface area (Å²) in [6, 6.07) is 14.8. The maximum atomic E-state index is 11.3. The number of hydrogen-bond donors (Lipinski definition) is 1. The van der Waals surface area contributed by atoms with Crippen molar-refractivity contribution in [2.24, 2.45) is 0 Å². The van der Waals surface area contributed by atoms with Crippen molar-refractivity contribution in [3.63, 3.8) is 0 Å². The van der Waals surface area contributed by atoms with Crippen LogP contribution in [-0.2, 0) is 41.3 Å². The highest BCUT2D eigenvalue weighted by Crippen LogP contribution is 2.13. The van der Waals surface area contributed by atoms with E-state index >= 15 is 0 Å². The highest BCUT2D eigenvalue weighted by Gasteiger charge is 2.13. The second-order valence-electron chi connectivity index (χ2n) is 9.30. The second-order valence-corrected chi connectivity index (χ2v) is 10.1. The van der Waals surface area contributed by atoms with E-state index in [2.05, 4.69) is 9.47 Å². The summed E-state index contributed by atoms with van der Waals surface area (Å²) < 4.78 is 31.1. The summed E-state index contributed by atoms with van der Waals surface area (Å²) in [6.45, 7) is 3.78. The third-order valence-corrected chi connectivity index (χ3v) is 6.16. The molecule has 2 aromatic carbocycles. The number of carbonyl (C=O) groups excluding carboxylic acids is 2. The van der Waals surface area contributed by atoms with Crippen molar-refractivity contribution >= 4 is 35.1 Å². The minimum atomic E-state index is -0.317.